The Morgan fingerprint density at radius 1 is 1.29 bits per heavy atom. The summed E-state index contributed by atoms with van der Waals surface area (Å²) >= 11 is 0. The average molecular weight is 323 g/mol. The number of aliphatic hydroxyl groups excluding tert-OH is 1. The molecule has 0 amide bonds. The Hall–Kier alpha value is -1.87. The zero-order chi connectivity index (χ0) is 16.9. The molecule has 1 aromatic heterocycles. The molecule has 2 unspecified atom stereocenters. The highest BCUT2D eigenvalue weighted by atomic mass is 16.3. The van der Waals surface area contributed by atoms with E-state index in [2.05, 4.69) is 37.0 Å². The second-order valence-corrected chi connectivity index (χ2v) is 7.82. The summed E-state index contributed by atoms with van der Waals surface area (Å²) in [7, 11) is 0. The summed E-state index contributed by atoms with van der Waals surface area (Å²) in [5, 5.41) is 11.3. The Kier molecular flexibility index (Phi) is 3.65. The van der Waals surface area contributed by atoms with E-state index in [0.29, 0.717) is 11.7 Å². The highest BCUT2D eigenvalue weighted by molar-refractivity contribution is 6.05. The number of Topliss-reactive ketones (excluding diaryl/α,β-unsaturated/α-hetero) is 1. The van der Waals surface area contributed by atoms with E-state index < -0.39 is 0 Å². The maximum atomic E-state index is 13.2. The zero-order valence-corrected chi connectivity index (χ0v) is 14.4. The van der Waals surface area contributed by atoms with E-state index in [1.54, 1.807) is 0 Å². The first-order valence-electron chi connectivity index (χ1n) is 9.00. The first-order valence-corrected chi connectivity index (χ1v) is 9.00. The van der Waals surface area contributed by atoms with E-state index in [1.807, 2.05) is 18.3 Å². The molecule has 24 heavy (non-hydrogen) atoms. The first kappa shape index (κ1) is 15.6. The summed E-state index contributed by atoms with van der Waals surface area (Å²) in [6.07, 6.45) is 7.16. The number of nitrogens with one attached hydrogen (secondary N) is 1. The highest BCUT2D eigenvalue weighted by Gasteiger charge is 2.51. The van der Waals surface area contributed by atoms with Gasteiger partial charge in [0.1, 0.15) is 0 Å². The predicted molar refractivity (Wildman–Crippen MR) is 96.5 cm³/mol. The van der Waals surface area contributed by atoms with Crippen molar-refractivity contribution in [2.75, 3.05) is 0 Å². The SMILES string of the molecule is C[C@@H]1C(O)CC[C@]2(C)C(=O)C(=Cc3c[nH]c4ccccc34)CCC12. The number of fused-ring (bicyclic) bond motifs is 2. The summed E-state index contributed by atoms with van der Waals surface area (Å²) in [6.45, 7) is 4.22. The molecule has 3 heteroatoms. The molecule has 126 valence electrons. The molecule has 2 saturated carbocycles. The van der Waals surface area contributed by atoms with Gasteiger partial charge in [-0.05, 0) is 55.2 Å². The summed E-state index contributed by atoms with van der Waals surface area (Å²) in [5.74, 6) is 0.805. The van der Waals surface area contributed by atoms with Crippen LogP contribution >= 0.6 is 0 Å². The topological polar surface area (TPSA) is 53.1 Å². The maximum Gasteiger partial charge on any atom is 0.165 e. The molecule has 2 fully saturated rings. The number of benzene rings is 1. The Morgan fingerprint density at radius 3 is 2.92 bits per heavy atom. The molecule has 1 aromatic carbocycles. The summed E-state index contributed by atoms with van der Waals surface area (Å²) in [5.41, 5.74) is 2.84. The number of carbonyl (C=O) groups excluding carboxylic acids is 1. The Labute approximate surface area is 142 Å². The van der Waals surface area contributed by atoms with Crippen molar-refractivity contribution in [3.63, 3.8) is 0 Å². The highest BCUT2D eigenvalue weighted by Crippen LogP contribution is 2.52. The van der Waals surface area contributed by atoms with Gasteiger partial charge in [0.25, 0.3) is 0 Å². The summed E-state index contributed by atoms with van der Waals surface area (Å²) in [4.78, 5) is 16.5. The average Bonchev–Trinajstić information content (AvgIpc) is 2.99. The van der Waals surface area contributed by atoms with Crippen LogP contribution in [0.25, 0.3) is 17.0 Å². The van der Waals surface area contributed by atoms with Gasteiger partial charge in [-0.2, -0.15) is 0 Å². The third-order valence-corrected chi connectivity index (χ3v) is 6.51. The number of hydrogen-bond donors (Lipinski definition) is 2. The Bertz CT molecular complexity index is 818. The fourth-order valence-corrected chi connectivity index (χ4v) is 4.94. The van der Waals surface area contributed by atoms with E-state index in [1.165, 1.54) is 0 Å². The monoisotopic (exact) mass is 323 g/mol. The van der Waals surface area contributed by atoms with E-state index >= 15 is 0 Å². The molecule has 2 aliphatic carbocycles. The minimum absolute atomic E-state index is 0.210. The van der Waals surface area contributed by atoms with Crippen LogP contribution in [0.2, 0.25) is 0 Å². The molecule has 2 aromatic rings. The molecule has 2 N–H and O–H groups in total. The lowest BCUT2D eigenvalue weighted by atomic mass is 9.55. The van der Waals surface area contributed by atoms with Gasteiger partial charge in [-0.25, -0.2) is 0 Å². The quantitative estimate of drug-likeness (QED) is 0.768. The van der Waals surface area contributed by atoms with Gasteiger partial charge >= 0.3 is 0 Å². The smallest absolute Gasteiger partial charge is 0.165 e. The fraction of sp³-hybridized carbons (Fsp3) is 0.476. The molecule has 0 spiro atoms. The second-order valence-electron chi connectivity index (χ2n) is 7.82. The van der Waals surface area contributed by atoms with Crippen LogP contribution in [0.5, 0.6) is 0 Å². The Balaban J connectivity index is 1.70. The van der Waals surface area contributed by atoms with Gasteiger partial charge in [0.05, 0.1) is 6.10 Å². The number of hydrogen-bond acceptors (Lipinski definition) is 2. The molecular weight excluding hydrogens is 298 g/mol. The lowest BCUT2D eigenvalue weighted by Crippen LogP contribution is -2.50. The molecule has 1 heterocycles. The van der Waals surface area contributed by atoms with Crippen LogP contribution in [0, 0.1) is 17.3 Å². The first-order chi connectivity index (χ1) is 11.5. The molecule has 2 aliphatic rings. The van der Waals surface area contributed by atoms with Gasteiger partial charge in [-0.3, -0.25) is 4.79 Å². The van der Waals surface area contributed by atoms with Crippen molar-refractivity contribution in [2.24, 2.45) is 17.3 Å². The number of aromatic nitrogens is 1. The van der Waals surface area contributed by atoms with Crippen molar-refractivity contribution >= 4 is 22.8 Å². The molecule has 0 saturated heterocycles. The van der Waals surface area contributed by atoms with Crippen LogP contribution < -0.4 is 0 Å². The molecular formula is C21H25NO2. The molecule has 0 bridgehead atoms. The van der Waals surface area contributed by atoms with Gasteiger partial charge in [0, 0.05) is 28.1 Å². The molecule has 0 aliphatic heterocycles. The van der Waals surface area contributed by atoms with Crippen molar-refractivity contribution < 1.29 is 9.90 Å². The number of allylic oxidation sites excluding steroid dienone is 1. The van der Waals surface area contributed by atoms with Crippen LogP contribution in [-0.4, -0.2) is 22.0 Å². The summed E-state index contributed by atoms with van der Waals surface area (Å²) < 4.78 is 0. The number of aliphatic hydroxyl groups is 1. The largest absolute Gasteiger partial charge is 0.393 e. The number of aromatic amines is 1. The zero-order valence-electron chi connectivity index (χ0n) is 14.4. The molecule has 4 rings (SSSR count). The van der Waals surface area contributed by atoms with Gasteiger partial charge in [0.2, 0.25) is 0 Å². The molecule has 3 nitrogen and oxygen atoms in total. The molecule has 0 radical (unpaired) electrons. The number of carbonyl (C=O) groups is 1. The van der Waals surface area contributed by atoms with Gasteiger partial charge < -0.3 is 10.1 Å². The fourth-order valence-electron chi connectivity index (χ4n) is 4.94. The number of ketones is 1. The number of para-hydroxylation sites is 1. The minimum atomic E-state index is -0.311. The Morgan fingerprint density at radius 2 is 2.08 bits per heavy atom. The normalized spacial score (nSPS) is 35.4. The van der Waals surface area contributed by atoms with Crippen LogP contribution in [0.1, 0.15) is 45.1 Å². The van der Waals surface area contributed by atoms with Crippen LogP contribution in [0.4, 0.5) is 0 Å². The van der Waals surface area contributed by atoms with E-state index in [-0.39, 0.29) is 17.4 Å². The maximum absolute atomic E-state index is 13.2. The third kappa shape index (κ3) is 2.26. The lowest BCUT2D eigenvalue weighted by molar-refractivity contribution is -0.137. The van der Waals surface area contributed by atoms with Gasteiger partial charge in [0.15, 0.2) is 5.78 Å². The summed E-state index contributed by atoms with van der Waals surface area (Å²) in [6, 6.07) is 8.20. The van der Waals surface area contributed by atoms with Gasteiger partial charge in [-0.1, -0.05) is 32.0 Å². The van der Waals surface area contributed by atoms with Crippen LogP contribution in [0.3, 0.4) is 0 Å². The van der Waals surface area contributed by atoms with Crippen LogP contribution in [0.15, 0.2) is 36.0 Å². The lowest BCUT2D eigenvalue weighted by Gasteiger charge is -2.49. The van der Waals surface area contributed by atoms with Gasteiger partial charge in [-0.15, -0.1) is 0 Å². The second kappa shape index (κ2) is 5.59. The van der Waals surface area contributed by atoms with Crippen molar-refractivity contribution in [1.82, 2.24) is 4.98 Å². The third-order valence-electron chi connectivity index (χ3n) is 6.51. The molecule has 4 atom stereocenters. The standard InChI is InChI=1S/C21H25NO2/c1-13-17-8-7-14(20(24)21(17,2)10-9-19(13)23)11-15-12-22-18-6-4-3-5-16(15)18/h3-6,11-13,17,19,22-23H,7-10H2,1-2H3/t13-,17?,19?,21-/m0/s1. The number of rotatable bonds is 1. The van der Waals surface area contributed by atoms with Crippen molar-refractivity contribution in [2.45, 2.75) is 45.6 Å². The number of H-pyrrole nitrogens is 1. The van der Waals surface area contributed by atoms with E-state index in [4.69, 9.17) is 0 Å². The van der Waals surface area contributed by atoms with Crippen LogP contribution in [-0.2, 0) is 4.79 Å². The van der Waals surface area contributed by atoms with Crippen molar-refractivity contribution in [1.29, 1.82) is 0 Å². The van der Waals surface area contributed by atoms with E-state index in [9.17, 15) is 9.90 Å². The van der Waals surface area contributed by atoms with Crippen molar-refractivity contribution in [3.8, 4) is 0 Å². The van der Waals surface area contributed by atoms with E-state index in [0.717, 1.165) is 47.7 Å². The minimum Gasteiger partial charge on any atom is -0.393 e. The predicted octanol–water partition coefficient (Wildman–Crippen LogP) is 4.33. The van der Waals surface area contributed by atoms with Crippen molar-refractivity contribution in [3.05, 3.63) is 41.6 Å².